The first-order valence-electron chi connectivity index (χ1n) is 9.08. The van der Waals surface area contributed by atoms with Crippen molar-refractivity contribution in [2.45, 2.75) is 33.6 Å². The fourth-order valence-corrected chi connectivity index (χ4v) is 3.26. The average Bonchev–Trinajstić information content (AvgIpc) is 3.14. The number of hydrogen-bond donors (Lipinski definition) is 1. The van der Waals surface area contributed by atoms with Crippen LogP contribution in [0.15, 0.2) is 24.3 Å². The van der Waals surface area contributed by atoms with Crippen molar-refractivity contribution in [3.05, 3.63) is 41.1 Å². The number of nitrogens with one attached hydrogen (secondary N) is 1. The highest BCUT2D eigenvalue weighted by Crippen LogP contribution is 2.23. The largest absolute Gasteiger partial charge is 0.466 e. The van der Waals surface area contributed by atoms with Gasteiger partial charge in [-0.05, 0) is 56.9 Å². The second-order valence-corrected chi connectivity index (χ2v) is 6.81. The molecule has 1 aliphatic heterocycles. The zero-order valence-corrected chi connectivity index (χ0v) is 15.5. The van der Waals surface area contributed by atoms with Crippen molar-refractivity contribution >= 4 is 11.9 Å². The number of carbonyl (C=O) groups excluding carboxylic acids is 2. The molecule has 0 aliphatic carbocycles. The summed E-state index contributed by atoms with van der Waals surface area (Å²) in [5.41, 5.74) is 4.58. The van der Waals surface area contributed by atoms with Crippen LogP contribution >= 0.6 is 0 Å². The summed E-state index contributed by atoms with van der Waals surface area (Å²) in [4.78, 5) is 26.5. The Labute approximate surface area is 153 Å². The molecule has 6 heteroatoms. The number of nitrogens with zero attached hydrogens (tertiary/aromatic N) is 2. The van der Waals surface area contributed by atoms with Crippen LogP contribution in [0.3, 0.4) is 0 Å². The van der Waals surface area contributed by atoms with Gasteiger partial charge >= 0.3 is 5.97 Å². The summed E-state index contributed by atoms with van der Waals surface area (Å²) in [7, 11) is 0. The molecule has 0 radical (unpaired) electrons. The molecule has 26 heavy (non-hydrogen) atoms. The van der Waals surface area contributed by atoms with Crippen molar-refractivity contribution in [3.8, 4) is 11.3 Å². The molecule has 1 aliphatic rings. The Bertz CT molecular complexity index is 812. The molecular formula is C20H25N3O3. The molecule has 1 amide bonds. The topological polar surface area (TPSA) is 75.3 Å². The number of piperidine rings is 1. The van der Waals surface area contributed by atoms with Crippen molar-refractivity contribution in [2.75, 3.05) is 19.7 Å². The molecule has 138 valence electrons. The number of rotatable bonds is 4. The monoisotopic (exact) mass is 355 g/mol. The first-order chi connectivity index (χ1) is 12.5. The molecule has 3 rings (SSSR count). The summed E-state index contributed by atoms with van der Waals surface area (Å²) < 4.78 is 5.10. The predicted molar refractivity (Wildman–Crippen MR) is 98.8 cm³/mol. The summed E-state index contributed by atoms with van der Waals surface area (Å²) in [5.74, 6) is -0.582. The third-order valence-electron chi connectivity index (χ3n) is 4.94. The molecule has 0 bridgehead atoms. The van der Waals surface area contributed by atoms with Gasteiger partial charge in [-0.2, -0.15) is 5.10 Å². The van der Waals surface area contributed by atoms with Crippen LogP contribution in [-0.4, -0.2) is 46.7 Å². The maximum Gasteiger partial charge on any atom is 0.310 e. The minimum Gasteiger partial charge on any atom is -0.466 e. The number of benzene rings is 1. The smallest absolute Gasteiger partial charge is 0.310 e. The molecule has 0 spiro atoms. The van der Waals surface area contributed by atoms with Gasteiger partial charge in [-0.15, -0.1) is 0 Å². The van der Waals surface area contributed by atoms with E-state index < -0.39 is 0 Å². The van der Waals surface area contributed by atoms with Gasteiger partial charge in [0.2, 0.25) is 0 Å². The van der Waals surface area contributed by atoms with Crippen molar-refractivity contribution in [2.24, 2.45) is 5.92 Å². The molecule has 6 nitrogen and oxygen atoms in total. The number of carbonyl (C=O) groups is 2. The summed E-state index contributed by atoms with van der Waals surface area (Å²) in [6, 6.07) is 7.90. The highest BCUT2D eigenvalue weighted by molar-refractivity contribution is 5.93. The Balaban J connectivity index is 1.73. The van der Waals surface area contributed by atoms with Gasteiger partial charge in [0.25, 0.3) is 5.91 Å². The number of hydrogen-bond acceptors (Lipinski definition) is 4. The second-order valence-electron chi connectivity index (χ2n) is 6.81. The lowest BCUT2D eigenvalue weighted by Gasteiger charge is -2.31. The van der Waals surface area contributed by atoms with Crippen LogP contribution in [-0.2, 0) is 9.53 Å². The highest BCUT2D eigenvalue weighted by Gasteiger charge is 2.30. The van der Waals surface area contributed by atoms with Gasteiger partial charge in [0.05, 0.1) is 18.2 Å². The number of H-pyrrole nitrogens is 1. The van der Waals surface area contributed by atoms with Crippen molar-refractivity contribution in [1.82, 2.24) is 15.1 Å². The standard InChI is InChI=1S/C20H25N3O3/c1-4-26-20(25)16-6-5-9-23(12-16)19(24)18-11-17(21-22-18)15-8-7-13(2)14(3)10-15/h7-8,10-11,16H,4-6,9,12H2,1-3H3,(H,21,22)/t16-/m1/s1. The molecule has 1 saturated heterocycles. The number of ether oxygens (including phenoxy) is 1. The van der Waals surface area contributed by atoms with E-state index >= 15 is 0 Å². The Morgan fingerprint density at radius 3 is 2.81 bits per heavy atom. The number of aryl methyl sites for hydroxylation is 2. The lowest BCUT2D eigenvalue weighted by molar-refractivity contribution is -0.149. The van der Waals surface area contributed by atoms with Crippen LogP contribution in [0.2, 0.25) is 0 Å². The second kappa shape index (κ2) is 7.72. The Hall–Kier alpha value is -2.63. The minimum absolute atomic E-state index is 0.124. The first-order valence-corrected chi connectivity index (χ1v) is 9.08. The van der Waals surface area contributed by atoms with Crippen molar-refractivity contribution in [1.29, 1.82) is 0 Å². The maximum absolute atomic E-state index is 12.8. The third kappa shape index (κ3) is 3.79. The molecule has 1 aromatic heterocycles. The van der Waals surface area contributed by atoms with Gasteiger partial charge in [-0.1, -0.05) is 12.1 Å². The molecule has 1 fully saturated rings. The fraction of sp³-hybridized carbons (Fsp3) is 0.450. The Morgan fingerprint density at radius 2 is 2.08 bits per heavy atom. The predicted octanol–water partition coefficient (Wildman–Crippen LogP) is 3.11. The highest BCUT2D eigenvalue weighted by atomic mass is 16.5. The summed E-state index contributed by atoms with van der Waals surface area (Å²) >= 11 is 0. The third-order valence-corrected chi connectivity index (χ3v) is 4.94. The van der Waals surface area contributed by atoms with Crippen molar-refractivity contribution < 1.29 is 14.3 Å². The van der Waals surface area contributed by atoms with Gasteiger partial charge in [0.15, 0.2) is 0 Å². The fourth-order valence-electron chi connectivity index (χ4n) is 3.26. The van der Waals surface area contributed by atoms with E-state index in [2.05, 4.69) is 36.2 Å². The van der Waals surface area contributed by atoms with Gasteiger partial charge in [0.1, 0.15) is 5.69 Å². The normalized spacial score (nSPS) is 17.2. The summed E-state index contributed by atoms with van der Waals surface area (Å²) in [6.45, 7) is 7.32. The van der Waals surface area contributed by atoms with E-state index in [-0.39, 0.29) is 17.8 Å². The number of aromatic amines is 1. The lowest BCUT2D eigenvalue weighted by Crippen LogP contribution is -2.43. The first kappa shape index (κ1) is 18.2. The minimum atomic E-state index is -0.241. The van der Waals surface area contributed by atoms with Crippen LogP contribution in [0, 0.1) is 19.8 Å². The zero-order chi connectivity index (χ0) is 18.7. The summed E-state index contributed by atoms with van der Waals surface area (Å²) in [6.07, 6.45) is 1.56. The van der Waals surface area contributed by atoms with Gasteiger partial charge in [-0.3, -0.25) is 14.7 Å². The number of amides is 1. The Kier molecular flexibility index (Phi) is 5.40. The number of esters is 1. The molecule has 2 aromatic rings. The van der Waals surface area contributed by atoms with E-state index in [4.69, 9.17) is 4.74 Å². The molecular weight excluding hydrogens is 330 g/mol. The van der Waals surface area contributed by atoms with Crippen LogP contribution in [0.25, 0.3) is 11.3 Å². The molecule has 0 unspecified atom stereocenters. The van der Waals surface area contributed by atoms with E-state index in [1.807, 2.05) is 6.07 Å². The zero-order valence-electron chi connectivity index (χ0n) is 15.5. The number of aromatic nitrogens is 2. The van der Waals surface area contributed by atoms with Gasteiger partial charge in [0, 0.05) is 18.7 Å². The Morgan fingerprint density at radius 1 is 1.27 bits per heavy atom. The maximum atomic E-state index is 12.8. The van der Waals surface area contributed by atoms with Crippen LogP contribution in [0.1, 0.15) is 41.4 Å². The van der Waals surface area contributed by atoms with Crippen molar-refractivity contribution in [3.63, 3.8) is 0 Å². The quantitative estimate of drug-likeness (QED) is 0.855. The van der Waals surface area contributed by atoms with E-state index in [0.29, 0.717) is 25.4 Å². The molecule has 0 saturated carbocycles. The molecule has 1 aromatic carbocycles. The average molecular weight is 355 g/mol. The molecule has 1 N–H and O–H groups in total. The van der Waals surface area contributed by atoms with E-state index in [0.717, 1.165) is 24.1 Å². The van der Waals surface area contributed by atoms with Crippen LogP contribution < -0.4 is 0 Å². The van der Waals surface area contributed by atoms with Crippen LogP contribution in [0.5, 0.6) is 0 Å². The van der Waals surface area contributed by atoms with Gasteiger partial charge in [-0.25, -0.2) is 0 Å². The van der Waals surface area contributed by atoms with E-state index in [1.54, 1.807) is 17.9 Å². The molecule has 1 atom stereocenters. The van der Waals surface area contributed by atoms with Crippen LogP contribution in [0.4, 0.5) is 0 Å². The van der Waals surface area contributed by atoms with E-state index in [9.17, 15) is 9.59 Å². The van der Waals surface area contributed by atoms with Gasteiger partial charge < -0.3 is 9.64 Å². The number of likely N-dealkylation sites (tertiary alicyclic amines) is 1. The van der Waals surface area contributed by atoms with E-state index in [1.165, 1.54) is 11.1 Å². The molecule has 2 heterocycles. The summed E-state index contributed by atoms with van der Waals surface area (Å²) in [5, 5.41) is 7.14. The lowest BCUT2D eigenvalue weighted by atomic mass is 9.98. The SMILES string of the molecule is CCOC(=O)[C@@H]1CCCN(C(=O)c2cc(-c3ccc(C)c(C)c3)n[nH]2)C1.